The third-order valence-corrected chi connectivity index (χ3v) is 3.75. The summed E-state index contributed by atoms with van der Waals surface area (Å²) in [5.41, 5.74) is 0.778. The first-order valence-electron chi connectivity index (χ1n) is 7.74. The van der Waals surface area contributed by atoms with E-state index in [0.29, 0.717) is 29.5 Å². The Morgan fingerprint density at radius 2 is 2.22 bits per heavy atom. The third kappa shape index (κ3) is 5.37. The molecule has 5 nitrogen and oxygen atoms in total. The van der Waals surface area contributed by atoms with Gasteiger partial charge in [0.2, 0.25) is 5.91 Å². The molecule has 0 radical (unpaired) electrons. The maximum atomic E-state index is 11.7. The van der Waals surface area contributed by atoms with E-state index in [2.05, 4.69) is 10.3 Å². The Labute approximate surface area is 140 Å². The predicted octanol–water partition coefficient (Wildman–Crippen LogP) is 3.20. The van der Waals surface area contributed by atoms with Crippen LogP contribution in [0.5, 0.6) is 0 Å². The van der Waals surface area contributed by atoms with Crippen molar-refractivity contribution in [3.63, 3.8) is 0 Å². The largest absolute Gasteiger partial charge is 0.441 e. The number of halogens is 1. The van der Waals surface area contributed by atoms with Gasteiger partial charge in [-0.25, -0.2) is 4.98 Å². The number of aromatic nitrogens is 1. The van der Waals surface area contributed by atoms with Crippen LogP contribution in [0, 0.1) is 0 Å². The van der Waals surface area contributed by atoms with Crippen molar-refractivity contribution in [2.45, 2.75) is 38.7 Å². The fourth-order valence-electron chi connectivity index (χ4n) is 2.19. The number of nitrogens with zero attached hydrogens (tertiary/aromatic N) is 1. The third-order valence-electron chi connectivity index (χ3n) is 3.42. The Morgan fingerprint density at radius 3 is 2.96 bits per heavy atom. The highest BCUT2D eigenvalue weighted by Gasteiger charge is 2.11. The first-order chi connectivity index (χ1) is 11.1. The number of carbonyl (C=O) groups excluding carboxylic acids is 1. The van der Waals surface area contributed by atoms with Crippen molar-refractivity contribution in [1.29, 1.82) is 0 Å². The molecule has 0 spiro atoms. The minimum atomic E-state index is -0.488. The molecule has 0 aliphatic heterocycles. The fraction of sp³-hybridized carbons (Fsp3) is 0.412. The smallest absolute Gasteiger partial charge is 0.220 e. The topological polar surface area (TPSA) is 75.4 Å². The molecule has 0 saturated heterocycles. The van der Waals surface area contributed by atoms with Gasteiger partial charge in [0.05, 0.1) is 17.3 Å². The van der Waals surface area contributed by atoms with Crippen LogP contribution in [0.3, 0.4) is 0 Å². The van der Waals surface area contributed by atoms with Crippen molar-refractivity contribution in [2.24, 2.45) is 0 Å². The van der Waals surface area contributed by atoms with Gasteiger partial charge in [-0.05, 0) is 18.6 Å². The Bertz CT molecular complexity index is 642. The van der Waals surface area contributed by atoms with Gasteiger partial charge in [-0.2, -0.15) is 0 Å². The van der Waals surface area contributed by atoms with E-state index in [9.17, 15) is 9.90 Å². The monoisotopic (exact) mass is 336 g/mol. The zero-order valence-electron chi connectivity index (χ0n) is 13.1. The normalized spacial score (nSPS) is 12.1. The van der Waals surface area contributed by atoms with Crippen molar-refractivity contribution in [2.75, 3.05) is 6.54 Å². The lowest BCUT2D eigenvalue weighted by Gasteiger charge is -2.10. The van der Waals surface area contributed by atoms with Crippen LogP contribution in [-0.2, 0) is 11.2 Å². The minimum absolute atomic E-state index is 0.127. The maximum Gasteiger partial charge on any atom is 0.220 e. The average molecular weight is 337 g/mol. The van der Waals surface area contributed by atoms with Crippen LogP contribution in [0.25, 0.3) is 11.3 Å². The molecule has 1 amide bonds. The molecule has 2 aromatic rings. The first kappa shape index (κ1) is 17.5. The van der Waals surface area contributed by atoms with Gasteiger partial charge in [-0.15, -0.1) is 0 Å². The Morgan fingerprint density at radius 1 is 1.43 bits per heavy atom. The van der Waals surface area contributed by atoms with Gasteiger partial charge in [-0.1, -0.05) is 37.1 Å². The van der Waals surface area contributed by atoms with Gasteiger partial charge in [0, 0.05) is 24.9 Å². The number of aliphatic hydroxyl groups excluding tert-OH is 1. The molecule has 1 unspecified atom stereocenters. The molecule has 1 aromatic carbocycles. The van der Waals surface area contributed by atoms with E-state index in [1.54, 1.807) is 12.3 Å². The van der Waals surface area contributed by atoms with Gasteiger partial charge >= 0.3 is 0 Å². The summed E-state index contributed by atoms with van der Waals surface area (Å²) < 4.78 is 5.64. The predicted molar refractivity (Wildman–Crippen MR) is 89.2 cm³/mol. The quantitative estimate of drug-likeness (QED) is 0.776. The molecule has 6 heteroatoms. The van der Waals surface area contributed by atoms with E-state index in [1.807, 2.05) is 25.1 Å². The maximum absolute atomic E-state index is 11.7. The summed E-state index contributed by atoms with van der Waals surface area (Å²) in [6.45, 7) is 2.27. The second-order valence-corrected chi connectivity index (χ2v) is 5.75. The van der Waals surface area contributed by atoms with Crippen LogP contribution >= 0.6 is 11.6 Å². The molecule has 0 aliphatic rings. The number of amides is 1. The first-order valence-corrected chi connectivity index (χ1v) is 8.12. The highest BCUT2D eigenvalue weighted by Crippen LogP contribution is 2.28. The van der Waals surface area contributed by atoms with Crippen molar-refractivity contribution < 1.29 is 14.3 Å². The number of rotatable bonds is 8. The van der Waals surface area contributed by atoms with E-state index < -0.39 is 6.10 Å². The lowest BCUT2D eigenvalue weighted by atomic mass is 10.2. The number of oxazole rings is 1. The summed E-state index contributed by atoms with van der Waals surface area (Å²) in [5, 5.41) is 12.9. The van der Waals surface area contributed by atoms with E-state index >= 15 is 0 Å². The summed E-state index contributed by atoms with van der Waals surface area (Å²) in [7, 11) is 0. The number of hydrogen-bond acceptors (Lipinski definition) is 4. The Kier molecular flexibility index (Phi) is 6.62. The molecule has 0 fully saturated rings. The minimum Gasteiger partial charge on any atom is -0.441 e. The average Bonchev–Trinajstić information content (AvgIpc) is 3.00. The van der Waals surface area contributed by atoms with Crippen LogP contribution in [0.15, 0.2) is 34.9 Å². The molecular weight excluding hydrogens is 316 g/mol. The second-order valence-electron chi connectivity index (χ2n) is 5.34. The van der Waals surface area contributed by atoms with E-state index in [0.717, 1.165) is 12.0 Å². The number of nitrogens with one attached hydrogen (secondary N) is 1. The molecule has 1 aromatic heterocycles. The molecule has 2 rings (SSSR count). The zero-order valence-corrected chi connectivity index (χ0v) is 13.8. The van der Waals surface area contributed by atoms with Gasteiger partial charge < -0.3 is 14.8 Å². The summed E-state index contributed by atoms with van der Waals surface area (Å²) >= 11 is 6.12. The van der Waals surface area contributed by atoms with Gasteiger partial charge in [0.1, 0.15) is 0 Å². The van der Waals surface area contributed by atoms with Gasteiger partial charge in [0.25, 0.3) is 0 Å². The summed E-state index contributed by atoms with van der Waals surface area (Å²) in [5.74, 6) is 0.950. The van der Waals surface area contributed by atoms with Crippen LogP contribution in [0.1, 0.15) is 32.1 Å². The number of benzene rings is 1. The molecular formula is C17H21ClN2O3. The second kappa shape index (κ2) is 8.70. The number of carbonyl (C=O) groups is 1. The molecule has 0 bridgehead atoms. The van der Waals surface area contributed by atoms with Gasteiger partial charge in [-0.3, -0.25) is 4.79 Å². The standard InChI is InChI=1S/C17H21ClN2O3/c1-2-5-12(21)10-19-16(22)8-9-17-20-11-15(23-17)13-6-3-4-7-14(13)18/h3-4,6-7,11-12,21H,2,5,8-10H2,1H3,(H,19,22). The Hall–Kier alpha value is -1.85. The zero-order chi connectivity index (χ0) is 16.7. The van der Waals surface area contributed by atoms with Crippen LogP contribution in [0.4, 0.5) is 0 Å². The van der Waals surface area contributed by atoms with Crippen LogP contribution in [-0.4, -0.2) is 28.6 Å². The summed E-state index contributed by atoms with van der Waals surface area (Å²) in [6, 6.07) is 7.36. The molecule has 0 saturated carbocycles. The molecule has 1 heterocycles. The number of hydrogen-bond donors (Lipinski definition) is 2. The van der Waals surface area contributed by atoms with E-state index in [-0.39, 0.29) is 18.9 Å². The van der Waals surface area contributed by atoms with Crippen molar-refractivity contribution in [3.8, 4) is 11.3 Å². The van der Waals surface area contributed by atoms with Crippen molar-refractivity contribution in [3.05, 3.63) is 41.4 Å². The van der Waals surface area contributed by atoms with Crippen LogP contribution in [0.2, 0.25) is 5.02 Å². The lowest BCUT2D eigenvalue weighted by Crippen LogP contribution is -2.32. The number of aryl methyl sites for hydroxylation is 1. The molecule has 1 atom stereocenters. The number of aliphatic hydroxyl groups is 1. The highest BCUT2D eigenvalue weighted by atomic mass is 35.5. The molecule has 0 aliphatic carbocycles. The molecule has 23 heavy (non-hydrogen) atoms. The van der Waals surface area contributed by atoms with Crippen molar-refractivity contribution in [1.82, 2.24) is 10.3 Å². The molecule has 124 valence electrons. The van der Waals surface area contributed by atoms with Crippen molar-refractivity contribution >= 4 is 17.5 Å². The SMILES string of the molecule is CCCC(O)CNC(=O)CCc1ncc(-c2ccccc2Cl)o1. The Balaban J connectivity index is 1.83. The van der Waals surface area contributed by atoms with Crippen LogP contribution < -0.4 is 5.32 Å². The van der Waals surface area contributed by atoms with Gasteiger partial charge in [0.15, 0.2) is 11.7 Å². The highest BCUT2D eigenvalue weighted by molar-refractivity contribution is 6.33. The molecule has 2 N–H and O–H groups in total. The van der Waals surface area contributed by atoms with E-state index in [1.165, 1.54) is 0 Å². The fourth-order valence-corrected chi connectivity index (χ4v) is 2.42. The summed E-state index contributed by atoms with van der Waals surface area (Å²) in [6.07, 6.45) is 3.36. The van der Waals surface area contributed by atoms with E-state index in [4.69, 9.17) is 16.0 Å². The summed E-state index contributed by atoms with van der Waals surface area (Å²) in [4.78, 5) is 15.9. The lowest BCUT2D eigenvalue weighted by molar-refractivity contribution is -0.121.